The molecule has 0 N–H and O–H groups in total. The van der Waals surface area contributed by atoms with Crippen molar-refractivity contribution in [2.24, 2.45) is 0 Å². The van der Waals surface area contributed by atoms with Crippen LogP contribution in [0.1, 0.15) is 21.5 Å². The fourth-order valence-corrected chi connectivity index (χ4v) is 2.45. The highest BCUT2D eigenvalue weighted by Crippen LogP contribution is 2.24. The van der Waals surface area contributed by atoms with Crippen LogP contribution in [0.3, 0.4) is 0 Å². The second-order valence-electron chi connectivity index (χ2n) is 4.51. The average molecular weight is 337 g/mol. The summed E-state index contributed by atoms with van der Waals surface area (Å²) in [7, 11) is 1.41. The molecular formula is C16H14BrFO2. The molecule has 2 aromatic carbocycles. The van der Waals surface area contributed by atoms with E-state index in [2.05, 4.69) is 15.9 Å². The van der Waals surface area contributed by atoms with Gasteiger partial charge in [0.2, 0.25) is 0 Å². The van der Waals surface area contributed by atoms with Crippen LogP contribution in [0, 0.1) is 12.7 Å². The number of benzene rings is 2. The Morgan fingerprint density at radius 1 is 1.30 bits per heavy atom. The zero-order valence-electron chi connectivity index (χ0n) is 11.2. The summed E-state index contributed by atoms with van der Waals surface area (Å²) in [4.78, 5) is 12.3. The largest absolute Gasteiger partial charge is 0.494 e. The first-order valence-corrected chi connectivity index (χ1v) is 6.93. The Balaban J connectivity index is 2.24. The minimum atomic E-state index is -0.457. The molecule has 0 spiro atoms. The molecule has 0 bridgehead atoms. The molecule has 0 aliphatic rings. The smallest absolute Gasteiger partial charge is 0.168 e. The Labute approximate surface area is 125 Å². The summed E-state index contributed by atoms with van der Waals surface area (Å²) in [5, 5.41) is 0. The number of aryl methyl sites for hydroxylation is 1. The standard InChI is InChI=1S/C16H14BrFO2/c1-10-4-3-5-12(16(10)17)14(19)9-11-6-7-15(20-2)13(18)8-11/h3-8H,9H2,1-2H3. The summed E-state index contributed by atoms with van der Waals surface area (Å²) in [6.45, 7) is 1.92. The number of hydrogen-bond acceptors (Lipinski definition) is 2. The molecule has 4 heteroatoms. The maximum absolute atomic E-state index is 13.6. The second-order valence-corrected chi connectivity index (χ2v) is 5.30. The summed E-state index contributed by atoms with van der Waals surface area (Å²) in [6, 6.07) is 10.1. The third-order valence-corrected chi connectivity index (χ3v) is 4.13. The lowest BCUT2D eigenvalue weighted by Crippen LogP contribution is -2.05. The van der Waals surface area contributed by atoms with Crippen LogP contribution >= 0.6 is 15.9 Å². The monoisotopic (exact) mass is 336 g/mol. The van der Waals surface area contributed by atoms with Crippen molar-refractivity contribution in [3.05, 3.63) is 63.4 Å². The molecule has 0 aliphatic heterocycles. The lowest BCUT2D eigenvalue weighted by atomic mass is 10.0. The van der Waals surface area contributed by atoms with E-state index in [1.165, 1.54) is 19.2 Å². The number of carbonyl (C=O) groups is 1. The van der Waals surface area contributed by atoms with Crippen LogP contribution in [0.2, 0.25) is 0 Å². The zero-order chi connectivity index (χ0) is 14.7. The molecule has 0 unspecified atom stereocenters. The molecule has 0 heterocycles. The van der Waals surface area contributed by atoms with E-state index in [-0.39, 0.29) is 18.0 Å². The number of rotatable bonds is 4. The first-order valence-electron chi connectivity index (χ1n) is 6.13. The predicted molar refractivity (Wildman–Crippen MR) is 79.9 cm³/mol. The zero-order valence-corrected chi connectivity index (χ0v) is 12.8. The minimum Gasteiger partial charge on any atom is -0.494 e. The predicted octanol–water partition coefficient (Wildman–Crippen LogP) is 4.33. The average Bonchev–Trinajstić information content (AvgIpc) is 2.42. The third kappa shape index (κ3) is 3.07. The van der Waals surface area contributed by atoms with E-state index in [4.69, 9.17) is 4.74 Å². The molecule has 0 aromatic heterocycles. The first kappa shape index (κ1) is 14.7. The SMILES string of the molecule is COc1ccc(CC(=O)c2cccc(C)c2Br)cc1F. The lowest BCUT2D eigenvalue weighted by molar-refractivity contribution is 0.0992. The number of carbonyl (C=O) groups excluding carboxylic acids is 1. The molecule has 0 atom stereocenters. The van der Waals surface area contributed by atoms with Gasteiger partial charge in [-0.3, -0.25) is 4.79 Å². The molecule has 0 aliphatic carbocycles. The van der Waals surface area contributed by atoms with Gasteiger partial charge in [0.05, 0.1) is 7.11 Å². The van der Waals surface area contributed by atoms with Crippen LogP contribution in [0.15, 0.2) is 40.9 Å². The van der Waals surface area contributed by atoms with Gasteiger partial charge in [0.15, 0.2) is 17.3 Å². The number of ether oxygens (including phenoxy) is 1. The van der Waals surface area contributed by atoms with Gasteiger partial charge >= 0.3 is 0 Å². The van der Waals surface area contributed by atoms with E-state index < -0.39 is 5.82 Å². The number of hydrogen-bond donors (Lipinski definition) is 0. The van der Waals surface area contributed by atoms with E-state index in [9.17, 15) is 9.18 Å². The molecule has 0 fully saturated rings. The van der Waals surface area contributed by atoms with Crippen molar-refractivity contribution >= 4 is 21.7 Å². The van der Waals surface area contributed by atoms with Crippen molar-refractivity contribution < 1.29 is 13.9 Å². The molecule has 2 aromatic rings. The van der Waals surface area contributed by atoms with Crippen LogP contribution in [0.4, 0.5) is 4.39 Å². The molecule has 0 amide bonds. The number of Topliss-reactive ketones (excluding diaryl/α,β-unsaturated/α-hetero) is 1. The molecule has 0 saturated heterocycles. The molecule has 0 radical (unpaired) electrons. The van der Waals surface area contributed by atoms with Gasteiger partial charge in [0.25, 0.3) is 0 Å². The maximum atomic E-state index is 13.6. The number of halogens is 2. The fourth-order valence-electron chi connectivity index (χ4n) is 1.96. The fraction of sp³-hybridized carbons (Fsp3) is 0.188. The molecule has 20 heavy (non-hydrogen) atoms. The van der Waals surface area contributed by atoms with Crippen molar-refractivity contribution in [2.75, 3.05) is 7.11 Å². The Bertz CT molecular complexity index is 653. The molecule has 2 nitrogen and oxygen atoms in total. The van der Waals surface area contributed by atoms with E-state index in [1.807, 2.05) is 19.1 Å². The Hall–Kier alpha value is -1.68. The summed E-state index contributed by atoms with van der Waals surface area (Å²) < 4.78 is 19.2. The van der Waals surface area contributed by atoms with Gasteiger partial charge in [-0.25, -0.2) is 4.39 Å². The van der Waals surface area contributed by atoms with E-state index in [0.29, 0.717) is 11.1 Å². The normalized spacial score (nSPS) is 10.4. The Kier molecular flexibility index (Phi) is 4.55. The van der Waals surface area contributed by atoms with Gasteiger partial charge in [-0.1, -0.05) is 24.3 Å². The van der Waals surface area contributed by atoms with Crippen LogP contribution in [0.25, 0.3) is 0 Å². The first-order chi connectivity index (χ1) is 9.52. The third-order valence-electron chi connectivity index (χ3n) is 3.07. The van der Waals surface area contributed by atoms with E-state index in [1.54, 1.807) is 12.1 Å². The second kappa shape index (κ2) is 6.18. The Morgan fingerprint density at radius 2 is 2.05 bits per heavy atom. The van der Waals surface area contributed by atoms with Crippen molar-refractivity contribution in [3.8, 4) is 5.75 Å². The van der Waals surface area contributed by atoms with Crippen LogP contribution < -0.4 is 4.74 Å². The van der Waals surface area contributed by atoms with Crippen molar-refractivity contribution in [2.45, 2.75) is 13.3 Å². The van der Waals surface area contributed by atoms with Crippen LogP contribution in [-0.2, 0) is 6.42 Å². The van der Waals surface area contributed by atoms with Gasteiger partial charge < -0.3 is 4.74 Å². The summed E-state index contributed by atoms with van der Waals surface area (Å²) >= 11 is 3.42. The van der Waals surface area contributed by atoms with Gasteiger partial charge in [-0.05, 0) is 46.1 Å². The lowest BCUT2D eigenvalue weighted by Gasteiger charge is -2.07. The van der Waals surface area contributed by atoms with Crippen molar-refractivity contribution in [3.63, 3.8) is 0 Å². The van der Waals surface area contributed by atoms with Gasteiger partial charge in [-0.15, -0.1) is 0 Å². The van der Waals surface area contributed by atoms with Crippen LogP contribution in [0.5, 0.6) is 5.75 Å². The topological polar surface area (TPSA) is 26.3 Å². The maximum Gasteiger partial charge on any atom is 0.168 e. The highest BCUT2D eigenvalue weighted by atomic mass is 79.9. The number of ketones is 1. The molecule has 104 valence electrons. The molecule has 2 rings (SSSR count). The molecule has 0 saturated carbocycles. The van der Waals surface area contributed by atoms with Gasteiger partial charge in [0.1, 0.15) is 0 Å². The Morgan fingerprint density at radius 3 is 2.70 bits per heavy atom. The minimum absolute atomic E-state index is 0.0508. The quantitative estimate of drug-likeness (QED) is 0.776. The van der Waals surface area contributed by atoms with Crippen LogP contribution in [-0.4, -0.2) is 12.9 Å². The summed E-state index contributed by atoms with van der Waals surface area (Å²) in [5.74, 6) is -0.329. The van der Waals surface area contributed by atoms with Gasteiger partial charge in [-0.2, -0.15) is 0 Å². The van der Waals surface area contributed by atoms with Crippen molar-refractivity contribution in [1.29, 1.82) is 0 Å². The van der Waals surface area contributed by atoms with E-state index >= 15 is 0 Å². The van der Waals surface area contributed by atoms with Crippen molar-refractivity contribution in [1.82, 2.24) is 0 Å². The summed E-state index contributed by atoms with van der Waals surface area (Å²) in [5.41, 5.74) is 2.24. The van der Waals surface area contributed by atoms with Gasteiger partial charge in [0, 0.05) is 16.5 Å². The number of methoxy groups -OCH3 is 1. The molecular weight excluding hydrogens is 323 g/mol. The highest BCUT2D eigenvalue weighted by Gasteiger charge is 2.13. The van der Waals surface area contributed by atoms with E-state index in [0.717, 1.165) is 10.0 Å². The highest BCUT2D eigenvalue weighted by molar-refractivity contribution is 9.10. The summed E-state index contributed by atoms with van der Waals surface area (Å²) in [6.07, 6.45) is 0.156.